The highest BCUT2D eigenvalue weighted by Crippen LogP contribution is 2.38. The average molecular weight is 226 g/mol. The lowest BCUT2D eigenvalue weighted by Gasteiger charge is -2.43. The Labute approximate surface area is 95.4 Å². The van der Waals surface area contributed by atoms with Crippen LogP contribution in [0.1, 0.15) is 27.2 Å². The van der Waals surface area contributed by atoms with Crippen molar-refractivity contribution in [1.82, 2.24) is 9.80 Å². The highest BCUT2D eigenvalue weighted by atomic mass is 16.2. The van der Waals surface area contributed by atoms with Gasteiger partial charge in [0.2, 0.25) is 11.8 Å². The molecule has 0 aromatic rings. The topological polar surface area (TPSA) is 57.7 Å². The second-order valence-corrected chi connectivity index (χ2v) is 4.49. The molecule has 0 aromatic carbocycles. The SMILES string of the molecule is CCC1(C(C)C)C(=O)N(C)C(=O)N(C)C1=O. The van der Waals surface area contributed by atoms with Gasteiger partial charge >= 0.3 is 6.03 Å². The Morgan fingerprint density at radius 1 is 1.06 bits per heavy atom. The number of nitrogens with zero attached hydrogens (tertiary/aromatic N) is 2. The van der Waals surface area contributed by atoms with E-state index in [1.165, 1.54) is 14.1 Å². The number of carbonyl (C=O) groups is 3. The molecule has 0 radical (unpaired) electrons. The van der Waals surface area contributed by atoms with Gasteiger partial charge in [0.25, 0.3) is 0 Å². The minimum atomic E-state index is -1.09. The number of carbonyl (C=O) groups excluding carboxylic acids is 3. The summed E-state index contributed by atoms with van der Waals surface area (Å²) >= 11 is 0. The fraction of sp³-hybridized carbons (Fsp3) is 0.727. The second-order valence-electron chi connectivity index (χ2n) is 4.49. The predicted octanol–water partition coefficient (Wildman–Crippen LogP) is 1.09. The molecule has 0 aromatic heterocycles. The van der Waals surface area contributed by atoms with Crippen molar-refractivity contribution in [2.24, 2.45) is 11.3 Å². The number of urea groups is 1. The van der Waals surface area contributed by atoms with Gasteiger partial charge in [-0.15, -0.1) is 0 Å². The highest BCUT2D eigenvalue weighted by molar-refractivity contribution is 6.18. The van der Waals surface area contributed by atoms with Crippen molar-refractivity contribution in [3.8, 4) is 0 Å². The fourth-order valence-corrected chi connectivity index (χ4v) is 2.29. The maximum atomic E-state index is 12.1. The van der Waals surface area contributed by atoms with E-state index in [0.717, 1.165) is 9.80 Å². The minimum Gasteiger partial charge on any atom is -0.273 e. The molecule has 1 saturated heterocycles. The number of imide groups is 2. The molecular weight excluding hydrogens is 208 g/mol. The van der Waals surface area contributed by atoms with Gasteiger partial charge in [0.1, 0.15) is 5.41 Å². The summed E-state index contributed by atoms with van der Waals surface area (Å²) in [6, 6.07) is -0.556. The molecule has 1 fully saturated rings. The predicted molar refractivity (Wildman–Crippen MR) is 58.5 cm³/mol. The molecule has 1 aliphatic heterocycles. The lowest BCUT2D eigenvalue weighted by Crippen LogP contribution is -2.64. The van der Waals surface area contributed by atoms with Gasteiger partial charge in [0.15, 0.2) is 0 Å². The van der Waals surface area contributed by atoms with E-state index in [0.29, 0.717) is 6.42 Å². The molecule has 0 unspecified atom stereocenters. The summed E-state index contributed by atoms with van der Waals surface area (Å²) in [5, 5.41) is 0. The third-order valence-corrected chi connectivity index (χ3v) is 3.49. The number of hydrogen-bond donors (Lipinski definition) is 0. The van der Waals surface area contributed by atoms with Crippen LogP contribution in [0.5, 0.6) is 0 Å². The van der Waals surface area contributed by atoms with Crippen LogP contribution in [0.2, 0.25) is 0 Å². The first-order chi connectivity index (χ1) is 7.30. The quantitative estimate of drug-likeness (QED) is 0.662. The summed E-state index contributed by atoms with van der Waals surface area (Å²) in [5.74, 6) is -0.910. The Balaban J connectivity index is 3.32. The Hall–Kier alpha value is -1.39. The van der Waals surface area contributed by atoms with E-state index in [2.05, 4.69) is 0 Å². The standard InChI is InChI=1S/C11H18N2O3/c1-6-11(7(2)3)8(14)12(4)10(16)13(5)9(11)15/h7H,6H2,1-5H3. The Kier molecular flexibility index (Phi) is 3.08. The van der Waals surface area contributed by atoms with Gasteiger partial charge in [-0.25, -0.2) is 4.79 Å². The van der Waals surface area contributed by atoms with Crippen molar-refractivity contribution in [1.29, 1.82) is 0 Å². The van der Waals surface area contributed by atoms with Crippen LogP contribution in [0.4, 0.5) is 4.79 Å². The summed E-state index contributed by atoms with van der Waals surface area (Å²) < 4.78 is 0. The van der Waals surface area contributed by atoms with Crippen molar-refractivity contribution >= 4 is 17.8 Å². The van der Waals surface area contributed by atoms with E-state index < -0.39 is 23.3 Å². The number of amides is 4. The molecule has 0 atom stereocenters. The largest absolute Gasteiger partial charge is 0.332 e. The van der Waals surface area contributed by atoms with Crippen molar-refractivity contribution in [2.75, 3.05) is 14.1 Å². The van der Waals surface area contributed by atoms with Crippen molar-refractivity contribution < 1.29 is 14.4 Å². The van der Waals surface area contributed by atoms with Crippen LogP contribution in [-0.2, 0) is 9.59 Å². The maximum absolute atomic E-state index is 12.1. The van der Waals surface area contributed by atoms with E-state index in [9.17, 15) is 14.4 Å². The van der Waals surface area contributed by atoms with Gasteiger partial charge in [-0.2, -0.15) is 0 Å². The van der Waals surface area contributed by atoms with Gasteiger partial charge in [-0.3, -0.25) is 19.4 Å². The van der Waals surface area contributed by atoms with Crippen LogP contribution in [0, 0.1) is 11.3 Å². The summed E-state index contributed by atoms with van der Waals surface area (Å²) in [4.78, 5) is 37.9. The van der Waals surface area contributed by atoms with Crippen LogP contribution >= 0.6 is 0 Å². The first-order valence-electron chi connectivity index (χ1n) is 5.41. The summed E-state index contributed by atoms with van der Waals surface area (Å²) in [7, 11) is 2.83. The van der Waals surface area contributed by atoms with Gasteiger partial charge < -0.3 is 0 Å². The molecule has 5 heteroatoms. The van der Waals surface area contributed by atoms with Crippen molar-refractivity contribution in [3.05, 3.63) is 0 Å². The molecule has 0 aliphatic carbocycles. The third-order valence-electron chi connectivity index (χ3n) is 3.49. The molecule has 1 heterocycles. The molecule has 0 saturated carbocycles. The third kappa shape index (κ3) is 1.34. The van der Waals surface area contributed by atoms with Crippen molar-refractivity contribution in [2.45, 2.75) is 27.2 Å². The average Bonchev–Trinajstić information content (AvgIpc) is 2.25. The normalized spacial score (nSPS) is 21.0. The summed E-state index contributed by atoms with van der Waals surface area (Å²) in [5.41, 5.74) is -1.09. The molecule has 4 amide bonds. The van der Waals surface area contributed by atoms with E-state index in [1.807, 2.05) is 13.8 Å². The van der Waals surface area contributed by atoms with Gasteiger partial charge in [0, 0.05) is 14.1 Å². The molecule has 5 nitrogen and oxygen atoms in total. The Morgan fingerprint density at radius 2 is 1.44 bits per heavy atom. The first kappa shape index (κ1) is 12.7. The van der Waals surface area contributed by atoms with Gasteiger partial charge in [0.05, 0.1) is 0 Å². The molecule has 0 bridgehead atoms. The summed E-state index contributed by atoms with van der Waals surface area (Å²) in [6.07, 6.45) is 0.407. The lowest BCUT2D eigenvalue weighted by molar-refractivity contribution is -0.160. The molecule has 16 heavy (non-hydrogen) atoms. The zero-order chi connectivity index (χ0) is 12.7. The molecule has 90 valence electrons. The lowest BCUT2D eigenvalue weighted by atomic mass is 9.71. The molecule has 1 aliphatic rings. The van der Waals surface area contributed by atoms with Crippen LogP contribution < -0.4 is 0 Å². The fourth-order valence-electron chi connectivity index (χ4n) is 2.29. The van der Waals surface area contributed by atoms with E-state index >= 15 is 0 Å². The smallest absolute Gasteiger partial charge is 0.273 e. The monoisotopic (exact) mass is 226 g/mol. The Bertz CT molecular complexity index is 325. The van der Waals surface area contributed by atoms with Crippen LogP contribution in [0.15, 0.2) is 0 Å². The highest BCUT2D eigenvalue weighted by Gasteiger charge is 2.55. The minimum absolute atomic E-state index is 0.129. The second kappa shape index (κ2) is 3.88. The van der Waals surface area contributed by atoms with Crippen LogP contribution in [0.3, 0.4) is 0 Å². The number of rotatable bonds is 2. The van der Waals surface area contributed by atoms with Gasteiger partial charge in [-0.1, -0.05) is 20.8 Å². The zero-order valence-electron chi connectivity index (χ0n) is 10.4. The van der Waals surface area contributed by atoms with E-state index in [-0.39, 0.29) is 5.92 Å². The molecule has 1 rings (SSSR count). The van der Waals surface area contributed by atoms with Gasteiger partial charge in [-0.05, 0) is 12.3 Å². The zero-order valence-corrected chi connectivity index (χ0v) is 10.4. The molecule has 0 N–H and O–H groups in total. The summed E-state index contributed by atoms with van der Waals surface area (Å²) in [6.45, 7) is 5.46. The maximum Gasteiger partial charge on any atom is 0.332 e. The first-order valence-corrected chi connectivity index (χ1v) is 5.41. The Morgan fingerprint density at radius 3 is 1.69 bits per heavy atom. The van der Waals surface area contributed by atoms with Crippen LogP contribution in [0.25, 0.3) is 0 Å². The van der Waals surface area contributed by atoms with Crippen LogP contribution in [-0.4, -0.2) is 41.7 Å². The van der Waals surface area contributed by atoms with E-state index in [4.69, 9.17) is 0 Å². The van der Waals surface area contributed by atoms with E-state index in [1.54, 1.807) is 6.92 Å². The molecular formula is C11H18N2O3. The van der Waals surface area contributed by atoms with Crippen molar-refractivity contribution in [3.63, 3.8) is 0 Å². The number of barbiturate groups is 1. The molecule has 0 spiro atoms. The number of hydrogen-bond acceptors (Lipinski definition) is 3.